The molecule has 0 radical (unpaired) electrons. The largest absolute Gasteiger partial charge is 0.339 e. The number of amides is 2. The van der Waals surface area contributed by atoms with Gasteiger partial charge in [0.25, 0.3) is 5.91 Å². The number of halogens is 1. The van der Waals surface area contributed by atoms with Crippen molar-refractivity contribution in [2.24, 2.45) is 17.8 Å². The Hall–Kier alpha value is -3.61. The fourth-order valence-electron chi connectivity index (χ4n) is 7.54. The molecule has 0 bridgehead atoms. The second-order valence-electron chi connectivity index (χ2n) is 13.1. The maximum absolute atomic E-state index is 15.4. The molecular formula is C33H46FN7O4S. The fourth-order valence-corrected chi connectivity index (χ4v) is 8.19. The van der Waals surface area contributed by atoms with Crippen molar-refractivity contribution in [1.82, 2.24) is 30.3 Å². The number of pyridine rings is 1. The Kier molecular flexibility index (Phi) is 10.9. The lowest BCUT2D eigenvalue weighted by Crippen LogP contribution is -2.53. The lowest BCUT2D eigenvalue weighted by Gasteiger charge is -2.41. The second kappa shape index (κ2) is 14.9. The average Bonchev–Trinajstić information content (AvgIpc) is 3.63. The molecule has 2 amide bonds. The summed E-state index contributed by atoms with van der Waals surface area (Å²) in [6.07, 6.45) is 13.6. The molecule has 3 aromatic rings. The molecule has 46 heavy (non-hydrogen) atoms. The topological polar surface area (TPSA) is 152 Å². The first-order valence-corrected chi connectivity index (χ1v) is 18.6. The van der Waals surface area contributed by atoms with Crippen molar-refractivity contribution >= 4 is 27.5 Å². The molecule has 13 heteroatoms. The summed E-state index contributed by atoms with van der Waals surface area (Å²) in [5.74, 6) is -1.10. The average molecular weight is 656 g/mol. The number of sulfone groups is 1. The molecule has 2 fully saturated rings. The third-order valence-corrected chi connectivity index (χ3v) is 10.7. The zero-order valence-corrected chi connectivity index (χ0v) is 27.8. The molecule has 3 aromatic heterocycles. The van der Waals surface area contributed by atoms with Gasteiger partial charge in [-0.25, -0.2) is 13.4 Å². The van der Waals surface area contributed by atoms with Gasteiger partial charge in [0.2, 0.25) is 11.9 Å². The Balaban J connectivity index is 1.43. The minimum Gasteiger partial charge on any atom is -0.339 e. The number of rotatable bonds is 12. The normalized spacial score (nSPS) is 17.2. The summed E-state index contributed by atoms with van der Waals surface area (Å²) >= 11 is 0. The molecule has 0 saturated heterocycles. The molecule has 3 N–H and O–H groups in total. The Bertz CT molecular complexity index is 1590. The monoisotopic (exact) mass is 655 g/mol. The number of anilines is 1. The van der Waals surface area contributed by atoms with Crippen molar-refractivity contribution in [3.63, 3.8) is 0 Å². The zero-order chi connectivity index (χ0) is 32.8. The van der Waals surface area contributed by atoms with Crippen LogP contribution >= 0.6 is 0 Å². The summed E-state index contributed by atoms with van der Waals surface area (Å²) in [6, 6.07) is 3.87. The van der Waals surface area contributed by atoms with Crippen LogP contribution < -0.4 is 10.6 Å². The number of carbonyl (C=O) groups excluding carboxylic acids is 2. The van der Waals surface area contributed by atoms with Gasteiger partial charge in [0.05, 0.1) is 11.4 Å². The van der Waals surface area contributed by atoms with Crippen molar-refractivity contribution in [2.75, 3.05) is 17.3 Å². The first-order valence-electron chi connectivity index (χ1n) is 16.5. The van der Waals surface area contributed by atoms with Gasteiger partial charge in [-0.3, -0.25) is 19.4 Å². The predicted molar refractivity (Wildman–Crippen MR) is 174 cm³/mol. The number of aromatic nitrogens is 5. The maximum atomic E-state index is 15.4. The number of aryl methyl sites for hydroxylation is 3. The smallest absolute Gasteiger partial charge is 0.270 e. The molecule has 0 aromatic carbocycles. The van der Waals surface area contributed by atoms with E-state index in [2.05, 4.69) is 30.9 Å². The van der Waals surface area contributed by atoms with Gasteiger partial charge >= 0.3 is 0 Å². The number of hydrogen-bond donors (Lipinski definition) is 3. The van der Waals surface area contributed by atoms with Crippen molar-refractivity contribution in [2.45, 2.75) is 97.1 Å². The van der Waals surface area contributed by atoms with Crippen molar-refractivity contribution < 1.29 is 22.4 Å². The van der Waals surface area contributed by atoms with Crippen LogP contribution in [0.1, 0.15) is 92.5 Å². The first-order chi connectivity index (χ1) is 22.0. The van der Waals surface area contributed by atoms with Gasteiger partial charge in [0.15, 0.2) is 0 Å². The summed E-state index contributed by atoms with van der Waals surface area (Å²) in [4.78, 5) is 32.2. The van der Waals surface area contributed by atoms with Crippen LogP contribution in [0.25, 0.3) is 11.1 Å². The van der Waals surface area contributed by atoms with Gasteiger partial charge in [-0.15, -0.1) is 0 Å². The summed E-state index contributed by atoms with van der Waals surface area (Å²) < 4.78 is 40.2. The van der Waals surface area contributed by atoms with Crippen LogP contribution in [-0.4, -0.2) is 63.2 Å². The molecule has 2 aliphatic carbocycles. The highest BCUT2D eigenvalue weighted by atomic mass is 32.2. The maximum Gasteiger partial charge on any atom is 0.270 e. The number of nitrogens with zero attached hydrogens (tertiary/aromatic N) is 4. The number of hydrogen-bond acceptors (Lipinski definition) is 7. The Morgan fingerprint density at radius 1 is 1.02 bits per heavy atom. The minimum atomic E-state index is -3.16. The Labute approximate surface area is 270 Å². The van der Waals surface area contributed by atoms with E-state index in [0.29, 0.717) is 17.7 Å². The van der Waals surface area contributed by atoms with Crippen LogP contribution in [0.4, 0.5) is 10.2 Å². The standard InChI is InChI=1S/C33H46FN7O4S/c1-21-28(22(2)40-39-21)25-15-16-27(36-31(25)34)37-33(43)30(29(23-11-6-4-7-12-23)24-13-8-5-9-14-24)38-32(42)26-17-18-35-41(26)19-10-20-46(3,44)45/h15-18,23-24,29-30H,4-14,19-20H2,1-3H3,(H,38,42)(H,39,40)(H,36,37,43)/t30-/m0/s1. The van der Waals surface area contributed by atoms with E-state index in [9.17, 15) is 18.0 Å². The highest BCUT2D eigenvalue weighted by molar-refractivity contribution is 7.90. The van der Waals surface area contributed by atoms with Crippen LogP contribution in [0.3, 0.4) is 0 Å². The van der Waals surface area contributed by atoms with Crippen LogP contribution in [0, 0.1) is 37.5 Å². The van der Waals surface area contributed by atoms with Crippen molar-refractivity contribution in [1.29, 1.82) is 0 Å². The fraction of sp³-hybridized carbons (Fsp3) is 0.606. The van der Waals surface area contributed by atoms with Crippen LogP contribution in [0.5, 0.6) is 0 Å². The quantitative estimate of drug-likeness (QED) is 0.222. The van der Waals surface area contributed by atoms with E-state index in [1.54, 1.807) is 25.1 Å². The third kappa shape index (κ3) is 8.21. The highest BCUT2D eigenvalue weighted by Crippen LogP contribution is 2.42. The number of aromatic amines is 1. The van der Waals surface area contributed by atoms with Gasteiger partial charge in [0, 0.05) is 35.8 Å². The third-order valence-electron chi connectivity index (χ3n) is 9.67. The van der Waals surface area contributed by atoms with E-state index in [1.807, 2.05) is 6.92 Å². The molecule has 2 saturated carbocycles. The Morgan fingerprint density at radius 2 is 1.67 bits per heavy atom. The van der Waals surface area contributed by atoms with E-state index in [4.69, 9.17) is 0 Å². The van der Waals surface area contributed by atoms with E-state index >= 15 is 4.39 Å². The molecule has 0 spiro atoms. The molecule has 0 aliphatic heterocycles. The van der Waals surface area contributed by atoms with Gasteiger partial charge < -0.3 is 10.6 Å². The summed E-state index contributed by atoms with van der Waals surface area (Å²) in [7, 11) is -3.16. The molecule has 11 nitrogen and oxygen atoms in total. The molecule has 0 unspecified atom stereocenters. The summed E-state index contributed by atoms with van der Waals surface area (Å²) in [5.41, 5.74) is 2.55. The van der Waals surface area contributed by atoms with Crippen molar-refractivity contribution in [3.05, 3.63) is 47.4 Å². The highest BCUT2D eigenvalue weighted by Gasteiger charge is 2.41. The van der Waals surface area contributed by atoms with Gasteiger partial charge in [-0.2, -0.15) is 14.6 Å². The van der Waals surface area contributed by atoms with E-state index in [0.717, 1.165) is 69.9 Å². The molecule has 250 valence electrons. The molecule has 3 heterocycles. The van der Waals surface area contributed by atoms with E-state index in [-0.39, 0.29) is 47.1 Å². The number of nitrogens with one attached hydrogen (secondary N) is 3. The summed E-state index contributed by atoms with van der Waals surface area (Å²) in [5, 5.41) is 17.2. The summed E-state index contributed by atoms with van der Waals surface area (Å²) in [6.45, 7) is 3.85. The van der Waals surface area contributed by atoms with Gasteiger partial charge in [-0.1, -0.05) is 64.2 Å². The van der Waals surface area contributed by atoms with E-state index < -0.39 is 33.6 Å². The van der Waals surface area contributed by atoms with E-state index in [1.165, 1.54) is 17.1 Å². The van der Waals surface area contributed by atoms with Gasteiger partial charge in [-0.05, 0) is 56.2 Å². The zero-order valence-electron chi connectivity index (χ0n) is 27.0. The minimum absolute atomic E-state index is 0.0214. The lowest BCUT2D eigenvalue weighted by atomic mass is 9.66. The van der Waals surface area contributed by atoms with Crippen LogP contribution in [-0.2, 0) is 21.2 Å². The van der Waals surface area contributed by atoms with Crippen LogP contribution in [0.15, 0.2) is 24.4 Å². The second-order valence-corrected chi connectivity index (χ2v) is 15.3. The first kappa shape index (κ1) is 33.7. The predicted octanol–water partition coefficient (Wildman–Crippen LogP) is 5.37. The molecule has 1 atom stereocenters. The van der Waals surface area contributed by atoms with Crippen molar-refractivity contribution in [3.8, 4) is 11.1 Å². The molecule has 5 rings (SSSR count). The number of H-pyrrole nitrogens is 1. The lowest BCUT2D eigenvalue weighted by molar-refractivity contribution is -0.121. The van der Waals surface area contributed by atoms with Crippen LogP contribution in [0.2, 0.25) is 0 Å². The Morgan fingerprint density at radius 3 is 2.24 bits per heavy atom. The molecule has 2 aliphatic rings. The van der Waals surface area contributed by atoms with Gasteiger partial charge in [0.1, 0.15) is 27.4 Å². The molecular weight excluding hydrogens is 609 g/mol. The SMILES string of the molecule is Cc1n[nH]c(C)c1-c1ccc(NC(=O)[C@@H](NC(=O)c2ccnn2CCCS(C)(=O)=O)C(C2CCCCC2)C2CCCCC2)nc1F. The number of carbonyl (C=O) groups is 2.